The van der Waals surface area contributed by atoms with Crippen LogP contribution in [-0.2, 0) is 0 Å². The molecule has 4 rings (SSSR count). The highest BCUT2D eigenvalue weighted by Gasteiger charge is 2.49. The molecule has 1 saturated carbocycles. The van der Waals surface area contributed by atoms with E-state index in [4.69, 9.17) is 5.26 Å². The number of carbonyl (C=O) groups excluding carboxylic acids is 1. The zero-order valence-electron chi connectivity index (χ0n) is 15.2. The van der Waals surface area contributed by atoms with Gasteiger partial charge in [0.2, 0.25) is 0 Å². The number of carbonyl (C=O) groups is 1. The molecule has 1 aliphatic rings. The molecule has 3 heterocycles. The lowest BCUT2D eigenvalue weighted by molar-refractivity contribution is -0.158. The van der Waals surface area contributed by atoms with Gasteiger partial charge >= 0.3 is 6.18 Å². The zero-order chi connectivity index (χ0) is 20.8. The number of fused-ring (bicyclic) bond motifs is 1. The van der Waals surface area contributed by atoms with E-state index in [1.807, 2.05) is 6.07 Å². The van der Waals surface area contributed by atoms with Crippen LogP contribution in [-0.4, -0.2) is 37.7 Å². The van der Waals surface area contributed by atoms with Crippen LogP contribution in [0.3, 0.4) is 0 Å². The van der Waals surface area contributed by atoms with Crippen molar-refractivity contribution in [1.82, 2.24) is 24.9 Å². The summed E-state index contributed by atoms with van der Waals surface area (Å²) in [7, 11) is 0. The summed E-state index contributed by atoms with van der Waals surface area (Å²) in [5.74, 6) is -1.45. The van der Waals surface area contributed by atoms with Gasteiger partial charge in [-0.05, 0) is 43.9 Å². The summed E-state index contributed by atoms with van der Waals surface area (Å²) < 4.78 is 41.2. The monoisotopic (exact) mass is 400 g/mol. The Bertz CT molecular complexity index is 1130. The van der Waals surface area contributed by atoms with Crippen LogP contribution in [0, 0.1) is 24.2 Å². The van der Waals surface area contributed by atoms with Gasteiger partial charge in [0, 0.05) is 17.5 Å². The van der Waals surface area contributed by atoms with Gasteiger partial charge in [0.1, 0.15) is 23.4 Å². The van der Waals surface area contributed by atoms with Crippen LogP contribution >= 0.6 is 0 Å². The molecular weight excluding hydrogens is 385 g/mol. The molecule has 29 heavy (non-hydrogen) atoms. The van der Waals surface area contributed by atoms with E-state index in [2.05, 4.69) is 20.4 Å². The van der Waals surface area contributed by atoms with Crippen LogP contribution < -0.4 is 5.32 Å². The van der Waals surface area contributed by atoms with Gasteiger partial charge in [0.15, 0.2) is 5.65 Å². The predicted octanol–water partition coefficient (Wildman–Crippen LogP) is 3.04. The number of pyridine rings is 1. The summed E-state index contributed by atoms with van der Waals surface area (Å²) in [5.41, 5.74) is 2.08. The van der Waals surface area contributed by atoms with Crippen LogP contribution in [0.15, 0.2) is 30.6 Å². The summed E-state index contributed by atoms with van der Waals surface area (Å²) in [5, 5.41) is 15.0. The molecule has 0 spiro atoms. The van der Waals surface area contributed by atoms with Crippen molar-refractivity contribution in [3.8, 4) is 17.3 Å². The first-order chi connectivity index (χ1) is 13.8. The van der Waals surface area contributed by atoms with Crippen LogP contribution in [0.2, 0.25) is 0 Å². The minimum absolute atomic E-state index is 0.0357. The van der Waals surface area contributed by atoms with E-state index in [1.165, 1.54) is 23.0 Å². The maximum atomic E-state index is 13.3. The van der Waals surface area contributed by atoms with Crippen molar-refractivity contribution in [2.24, 2.45) is 5.92 Å². The third kappa shape index (κ3) is 3.63. The molecular formula is C19H15F3N6O. The van der Waals surface area contributed by atoms with Crippen molar-refractivity contribution < 1.29 is 18.0 Å². The van der Waals surface area contributed by atoms with E-state index in [0.717, 1.165) is 0 Å². The molecule has 0 bridgehead atoms. The summed E-state index contributed by atoms with van der Waals surface area (Å²) in [6.45, 7) is 1.74. The average molecular weight is 400 g/mol. The Labute approximate surface area is 163 Å². The van der Waals surface area contributed by atoms with Gasteiger partial charge in [-0.25, -0.2) is 14.5 Å². The zero-order valence-corrected chi connectivity index (χ0v) is 15.2. The Balaban J connectivity index is 1.71. The summed E-state index contributed by atoms with van der Waals surface area (Å²) in [4.78, 5) is 21.0. The number of halogens is 3. The predicted molar refractivity (Wildman–Crippen MR) is 95.7 cm³/mol. The van der Waals surface area contributed by atoms with E-state index >= 15 is 0 Å². The Morgan fingerprint density at radius 3 is 2.69 bits per heavy atom. The molecule has 0 saturated heterocycles. The van der Waals surface area contributed by atoms with Crippen molar-refractivity contribution in [3.63, 3.8) is 0 Å². The van der Waals surface area contributed by atoms with Gasteiger partial charge in [-0.1, -0.05) is 0 Å². The lowest BCUT2D eigenvalue weighted by Gasteiger charge is -2.20. The largest absolute Gasteiger partial charge is 0.408 e. The van der Waals surface area contributed by atoms with E-state index in [1.54, 1.807) is 19.1 Å². The molecule has 1 N–H and O–H groups in total. The van der Waals surface area contributed by atoms with Gasteiger partial charge in [-0.15, -0.1) is 0 Å². The molecule has 0 aliphatic heterocycles. The van der Waals surface area contributed by atoms with Crippen LogP contribution in [0.5, 0.6) is 0 Å². The number of rotatable bonds is 4. The number of nitrogens with zero attached hydrogens (tertiary/aromatic N) is 5. The number of hydrogen-bond acceptors (Lipinski definition) is 5. The van der Waals surface area contributed by atoms with Gasteiger partial charge in [-0.2, -0.15) is 23.5 Å². The Morgan fingerprint density at radius 2 is 2.10 bits per heavy atom. The summed E-state index contributed by atoms with van der Waals surface area (Å²) in [6.07, 6.45) is -0.952. The number of aryl methyl sites for hydroxylation is 1. The van der Waals surface area contributed by atoms with Crippen molar-refractivity contribution in [2.75, 3.05) is 0 Å². The third-order valence-corrected chi connectivity index (χ3v) is 4.80. The third-order valence-electron chi connectivity index (χ3n) is 4.80. The van der Waals surface area contributed by atoms with Crippen LogP contribution in [0.4, 0.5) is 13.2 Å². The number of nitriles is 1. The maximum absolute atomic E-state index is 13.3. The smallest absolute Gasteiger partial charge is 0.340 e. The molecule has 0 unspecified atom stereocenters. The molecule has 7 nitrogen and oxygen atoms in total. The summed E-state index contributed by atoms with van der Waals surface area (Å²) in [6, 6.07) is 4.95. The Morgan fingerprint density at radius 1 is 1.34 bits per heavy atom. The lowest BCUT2D eigenvalue weighted by Crippen LogP contribution is -2.46. The molecule has 0 aromatic carbocycles. The topological polar surface area (TPSA) is 96.0 Å². The quantitative estimate of drug-likeness (QED) is 0.726. The average Bonchev–Trinajstić information content (AvgIpc) is 3.42. The van der Waals surface area contributed by atoms with Crippen molar-refractivity contribution in [1.29, 1.82) is 5.26 Å². The Hall–Kier alpha value is -3.48. The summed E-state index contributed by atoms with van der Waals surface area (Å²) >= 11 is 0. The maximum Gasteiger partial charge on any atom is 0.408 e. The van der Waals surface area contributed by atoms with E-state index in [-0.39, 0.29) is 16.9 Å². The Kier molecular flexibility index (Phi) is 4.45. The number of aromatic nitrogens is 4. The van der Waals surface area contributed by atoms with Gasteiger partial charge in [0.05, 0.1) is 11.9 Å². The molecule has 148 valence electrons. The standard InChI is InChI=1S/C19H15F3N6O/c1-10-6-15(12-4-5-13(7-23)24-8-12)26-17-14(9-25-28(10)17)18(29)27-16(11-2-3-11)19(20,21)22/h4-6,8-9,11,16H,2-3H2,1H3,(H,27,29)/t16-/m1/s1. The van der Waals surface area contributed by atoms with Gasteiger partial charge in [0.25, 0.3) is 5.91 Å². The lowest BCUT2D eigenvalue weighted by atomic mass is 10.1. The fraction of sp³-hybridized carbons (Fsp3) is 0.316. The number of amides is 1. The molecule has 3 aromatic rings. The molecule has 1 aliphatic carbocycles. The highest BCUT2D eigenvalue weighted by atomic mass is 19.4. The highest BCUT2D eigenvalue weighted by molar-refractivity contribution is 6.00. The first-order valence-electron chi connectivity index (χ1n) is 8.87. The molecule has 1 amide bonds. The fourth-order valence-corrected chi connectivity index (χ4v) is 3.15. The van der Waals surface area contributed by atoms with Crippen molar-refractivity contribution >= 4 is 11.6 Å². The van der Waals surface area contributed by atoms with Gasteiger partial charge in [-0.3, -0.25) is 4.79 Å². The number of nitrogens with one attached hydrogen (secondary N) is 1. The van der Waals surface area contributed by atoms with Crippen molar-refractivity contribution in [2.45, 2.75) is 32.0 Å². The van der Waals surface area contributed by atoms with Crippen LogP contribution in [0.1, 0.15) is 34.6 Å². The van der Waals surface area contributed by atoms with Crippen molar-refractivity contribution in [3.05, 3.63) is 47.5 Å². The number of hydrogen-bond donors (Lipinski definition) is 1. The molecule has 3 aromatic heterocycles. The van der Waals surface area contributed by atoms with E-state index < -0.39 is 24.0 Å². The molecule has 10 heteroatoms. The normalized spacial score (nSPS) is 15.1. The first-order valence-corrected chi connectivity index (χ1v) is 8.87. The van der Waals surface area contributed by atoms with Gasteiger partial charge < -0.3 is 5.32 Å². The second-order valence-electron chi connectivity index (χ2n) is 6.95. The minimum atomic E-state index is -4.51. The SMILES string of the molecule is Cc1cc(-c2ccc(C#N)nc2)nc2c(C(=O)N[C@H](C3CC3)C(F)(F)F)cnn12. The molecule has 1 fully saturated rings. The van der Waals surface area contributed by atoms with E-state index in [0.29, 0.717) is 29.8 Å². The first kappa shape index (κ1) is 18.9. The van der Waals surface area contributed by atoms with Crippen LogP contribution in [0.25, 0.3) is 16.9 Å². The second-order valence-corrected chi connectivity index (χ2v) is 6.95. The highest BCUT2D eigenvalue weighted by Crippen LogP contribution is 2.40. The minimum Gasteiger partial charge on any atom is -0.340 e. The number of alkyl halides is 3. The second kappa shape index (κ2) is 6.84. The molecule has 0 radical (unpaired) electrons. The van der Waals surface area contributed by atoms with E-state index in [9.17, 15) is 18.0 Å². The molecule has 1 atom stereocenters. The fourth-order valence-electron chi connectivity index (χ4n) is 3.15.